The maximum Gasteiger partial charge on any atom is 0.317 e. The quantitative estimate of drug-likeness (QED) is 0.732. The molecule has 0 aromatic heterocycles. The molecule has 16 heavy (non-hydrogen) atoms. The van der Waals surface area contributed by atoms with Gasteiger partial charge in [-0.05, 0) is 38.1 Å². The van der Waals surface area contributed by atoms with Gasteiger partial charge in [-0.2, -0.15) is 0 Å². The average Bonchev–Trinajstić information content (AvgIpc) is 2.68. The molecule has 0 bridgehead atoms. The zero-order valence-electron chi connectivity index (χ0n) is 9.92. The third-order valence-corrected chi connectivity index (χ3v) is 3.77. The van der Waals surface area contributed by atoms with E-state index < -0.39 is 0 Å². The number of likely N-dealkylation sites (tertiary alicyclic amines) is 1. The van der Waals surface area contributed by atoms with Crippen LogP contribution in [0.5, 0.6) is 0 Å². The van der Waals surface area contributed by atoms with Gasteiger partial charge < -0.3 is 15.5 Å². The summed E-state index contributed by atoms with van der Waals surface area (Å²) in [6.45, 7) is 6.84. The van der Waals surface area contributed by atoms with Crippen LogP contribution in [0.25, 0.3) is 0 Å². The number of amides is 2. The molecule has 2 aliphatic rings. The third-order valence-electron chi connectivity index (χ3n) is 3.77. The second-order valence-corrected chi connectivity index (χ2v) is 4.75. The number of piperidine rings is 1. The van der Waals surface area contributed by atoms with Crippen LogP contribution in [0.2, 0.25) is 0 Å². The fraction of sp³-hybridized carbons (Fsp3) is 0.909. The van der Waals surface area contributed by atoms with E-state index in [0.29, 0.717) is 5.41 Å². The largest absolute Gasteiger partial charge is 0.338 e. The predicted octanol–water partition coefficient (Wildman–Crippen LogP) is 1.21. The Labute approximate surface area is 104 Å². The summed E-state index contributed by atoms with van der Waals surface area (Å²) in [5.41, 5.74) is 0.503. The van der Waals surface area contributed by atoms with Gasteiger partial charge in [-0.1, -0.05) is 0 Å². The van der Waals surface area contributed by atoms with E-state index in [2.05, 4.69) is 10.6 Å². The van der Waals surface area contributed by atoms with Gasteiger partial charge in [-0.3, -0.25) is 0 Å². The SMILES string of the molecule is CCNC(=O)N1CCC2(CCNC2)CC1.Cl. The number of rotatable bonds is 1. The van der Waals surface area contributed by atoms with E-state index in [1.165, 1.54) is 6.42 Å². The van der Waals surface area contributed by atoms with Gasteiger partial charge in [0.1, 0.15) is 0 Å². The van der Waals surface area contributed by atoms with E-state index in [1.807, 2.05) is 11.8 Å². The van der Waals surface area contributed by atoms with Gasteiger partial charge in [0.15, 0.2) is 0 Å². The lowest BCUT2D eigenvalue weighted by Gasteiger charge is -2.38. The lowest BCUT2D eigenvalue weighted by molar-refractivity contribution is 0.130. The molecular weight excluding hydrogens is 226 g/mol. The molecule has 2 saturated heterocycles. The van der Waals surface area contributed by atoms with Gasteiger partial charge in [-0.15, -0.1) is 12.4 Å². The molecule has 2 amide bonds. The lowest BCUT2D eigenvalue weighted by atomic mass is 9.78. The normalized spacial score (nSPS) is 22.9. The molecule has 4 nitrogen and oxygen atoms in total. The highest BCUT2D eigenvalue weighted by Crippen LogP contribution is 2.36. The molecule has 0 aromatic carbocycles. The second-order valence-electron chi connectivity index (χ2n) is 4.75. The molecular formula is C11H22ClN3O. The van der Waals surface area contributed by atoms with Crippen LogP contribution in [0, 0.1) is 5.41 Å². The monoisotopic (exact) mass is 247 g/mol. The van der Waals surface area contributed by atoms with E-state index in [-0.39, 0.29) is 18.4 Å². The van der Waals surface area contributed by atoms with Crippen LogP contribution in [0.1, 0.15) is 26.2 Å². The Kier molecular flexibility index (Phi) is 4.87. The first-order valence-corrected chi connectivity index (χ1v) is 5.99. The number of halogens is 1. The number of carbonyl (C=O) groups is 1. The molecule has 0 unspecified atom stereocenters. The van der Waals surface area contributed by atoms with Crippen molar-refractivity contribution in [2.24, 2.45) is 5.41 Å². The van der Waals surface area contributed by atoms with E-state index in [9.17, 15) is 4.79 Å². The molecule has 0 atom stereocenters. The Morgan fingerprint density at radius 3 is 2.56 bits per heavy atom. The van der Waals surface area contributed by atoms with E-state index in [1.54, 1.807) is 0 Å². The van der Waals surface area contributed by atoms with E-state index in [0.717, 1.165) is 45.6 Å². The van der Waals surface area contributed by atoms with Gasteiger partial charge in [-0.25, -0.2) is 4.79 Å². The van der Waals surface area contributed by atoms with Crippen molar-refractivity contribution in [1.82, 2.24) is 15.5 Å². The van der Waals surface area contributed by atoms with E-state index in [4.69, 9.17) is 0 Å². The van der Waals surface area contributed by atoms with Crippen molar-refractivity contribution in [3.8, 4) is 0 Å². The molecule has 2 heterocycles. The molecule has 0 aromatic rings. The highest BCUT2D eigenvalue weighted by atomic mass is 35.5. The first-order valence-electron chi connectivity index (χ1n) is 5.99. The number of carbonyl (C=O) groups excluding carboxylic acids is 1. The van der Waals surface area contributed by atoms with Crippen molar-refractivity contribution in [3.63, 3.8) is 0 Å². The summed E-state index contributed by atoms with van der Waals surface area (Å²) >= 11 is 0. The molecule has 0 radical (unpaired) electrons. The number of nitrogens with one attached hydrogen (secondary N) is 2. The fourth-order valence-corrected chi connectivity index (χ4v) is 2.67. The average molecular weight is 248 g/mol. The Balaban J connectivity index is 0.00000128. The minimum atomic E-state index is 0. The molecule has 94 valence electrons. The Morgan fingerprint density at radius 2 is 2.06 bits per heavy atom. The minimum Gasteiger partial charge on any atom is -0.338 e. The van der Waals surface area contributed by atoms with Crippen LogP contribution >= 0.6 is 12.4 Å². The van der Waals surface area contributed by atoms with Crippen LogP contribution < -0.4 is 10.6 Å². The first-order chi connectivity index (χ1) is 7.26. The Bertz CT molecular complexity index is 231. The van der Waals surface area contributed by atoms with Crippen LogP contribution in [0.4, 0.5) is 4.79 Å². The number of nitrogens with zero attached hydrogens (tertiary/aromatic N) is 1. The summed E-state index contributed by atoms with van der Waals surface area (Å²) in [4.78, 5) is 13.6. The van der Waals surface area contributed by atoms with Crippen molar-refractivity contribution < 1.29 is 4.79 Å². The van der Waals surface area contributed by atoms with Crippen LogP contribution in [0.15, 0.2) is 0 Å². The van der Waals surface area contributed by atoms with Gasteiger partial charge >= 0.3 is 6.03 Å². The lowest BCUT2D eigenvalue weighted by Crippen LogP contribution is -2.47. The maximum atomic E-state index is 11.6. The predicted molar refractivity (Wildman–Crippen MR) is 67.0 cm³/mol. The molecule has 2 aliphatic heterocycles. The molecule has 1 spiro atoms. The maximum absolute atomic E-state index is 11.6. The van der Waals surface area contributed by atoms with Gasteiger partial charge in [0.25, 0.3) is 0 Å². The van der Waals surface area contributed by atoms with Crippen LogP contribution in [-0.2, 0) is 0 Å². The standard InChI is InChI=1S/C11H21N3O.ClH/c1-2-13-10(15)14-7-4-11(5-8-14)3-6-12-9-11;/h12H,2-9H2,1H3,(H,13,15);1H. The van der Waals surface area contributed by atoms with Gasteiger partial charge in [0.05, 0.1) is 0 Å². The Hall–Kier alpha value is -0.480. The summed E-state index contributed by atoms with van der Waals surface area (Å²) < 4.78 is 0. The van der Waals surface area contributed by atoms with Crippen LogP contribution in [0.3, 0.4) is 0 Å². The molecule has 2 fully saturated rings. The molecule has 0 saturated carbocycles. The number of hydrogen-bond donors (Lipinski definition) is 2. The number of hydrogen-bond acceptors (Lipinski definition) is 2. The smallest absolute Gasteiger partial charge is 0.317 e. The first kappa shape index (κ1) is 13.6. The van der Waals surface area contributed by atoms with Crippen molar-refractivity contribution in [3.05, 3.63) is 0 Å². The molecule has 2 N–H and O–H groups in total. The summed E-state index contributed by atoms with van der Waals surface area (Å²) in [5.74, 6) is 0. The van der Waals surface area contributed by atoms with Crippen molar-refractivity contribution in [2.75, 3.05) is 32.7 Å². The third kappa shape index (κ3) is 2.80. The molecule has 0 aliphatic carbocycles. The summed E-state index contributed by atoms with van der Waals surface area (Å²) in [7, 11) is 0. The molecule has 5 heteroatoms. The van der Waals surface area contributed by atoms with Crippen molar-refractivity contribution in [2.45, 2.75) is 26.2 Å². The minimum absolute atomic E-state index is 0. The number of urea groups is 1. The zero-order valence-corrected chi connectivity index (χ0v) is 10.7. The van der Waals surface area contributed by atoms with Crippen molar-refractivity contribution >= 4 is 18.4 Å². The fourth-order valence-electron chi connectivity index (χ4n) is 2.67. The summed E-state index contributed by atoms with van der Waals surface area (Å²) in [6.07, 6.45) is 3.62. The van der Waals surface area contributed by atoms with E-state index >= 15 is 0 Å². The highest BCUT2D eigenvalue weighted by Gasteiger charge is 2.37. The van der Waals surface area contributed by atoms with Crippen molar-refractivity contribution in [1.29, 1.82) is 0 Å². The van der Waals surface area contributed by atoms with Crippen LogP contribution in [-0.4, -0.2) is 43.7 Å². The summed E-state index contributed by atoms with van der Waals surface area (Å²) in [5, 5.41) is 6.30. The summed E-state index contributed by atoms with van der Waals surface area (Å²) in [6, 6.07) is 0.110. The molecule has 2 rings (SSSR count). The zero-order chi connectivity index (χ0) is 10.7. The second kappa shape index (κ2) is 5.73. The topological polar surface area (TPSA) is 44.4 Å². The highest BCUT2D eigenvalue weighted by molar-refractivity contribution is 5.85. The van der Waals surface area contributed by atoms with Gasteiger partial charge in [0, 0.05) is 26.2 Å². The Morgan fingerprint density at radius 1 is 1.38 bits per heavy atom. The van der Waals surface area contributed by atoms with Gasteiger partial charge in [0.2, 0.25) is 0 Å².